The maximum absolute atomic E-state index is 12.3. The Balaban J connectivity index is 1.90. The monoisotopic (exact) mass is 282 g/mol. The molecule has 4 rings (SSSR count). The maximum Gasteiger partial charge on any atom is 0.332 e. The molecule has 0 aliphatic carbocycles. The van der Waals surface area contributed by atoms with Gasteiger partial charge in [0.2, 0.25) is 0 Å². The normalized spacial score (nSPS) is 22.0. The van der Waals surface area contributed by atoms with Crippen LogP contribution in [-0.2, 0) is 6.54 Å². The van der Waals surface area contributed by atoms with E-state index in [1.165, 1.54) is 0 Å². The molecule has 1 aromatic carbocycles. The number of aromatic amines is 1. The topological polar surface area (TPSA) is 101 Å². The number of H-pyrrole nitrogens is 1. The van der Waals surface area contributed by atoms with Gasteiger partial charge in [-0.1, -0.05) is 18.2 Å². The first-order valence-electron chi connectivity index (χ1n) is 6.76. The van der Waals surface area contributed by atoms with Crippen LogP contribution in [0.4, 0.5) is 5.82 Å². The van der Waals surface area contributed by atoms with E-state index in [2.05, 4.69) is 20.5 Å². The molecule has 4 N–H and O–H groups in total. The quantitative estimate of drug-likeness (QED) is 0.772. The zero-order valence-corrected chi connectivity index (χ0v) is 11.2. The number of nitrogens with one attached hydrogen (secondary N) is 2. The van der Waals surface area contributed by atoms with E-state index in [4.69, 9.17) is 5.73 Å². The molecule has 7 heteroatoms. The highest BCUT2D eigenvalue weighted by molar-refractivity contribution is 5.48. The van der Waals surface area contributed by atoms with Crippen molar-refractivity contribution in [2.45, 2.75) is 18.6 Å². The summed E-state index contributed by atoms with van der Waals surface area (Å²) in [5, 5.41) is 11.4. The maximum atomic E-state index is 12.3. The van der Waals surface area contributed by atoms with Crippen LogP contribution in [0.2, 0.25) is 0 Å². The summed E-state index contributed by atoms with van der Waals surface area (Å²) in [6, 6.07) is 7.63. The molecule has 2 atom stereocenters. The van der Waals surface area contributed by atoms with Crippen LogP contribution in [0.3, 0.4) is 0 Å². The molecule has 106 valence electrons. The highest BCUT2D eigenvalue weighted by Gasteiger charge is 2.34. The Kier molecular flexibility index (Phi) is 2.55. The Morgan fingerprint density at radius 1 is 1.29 bits per heavy atom. The molecular formula is C14H14N6O. The van der Waals surface area contributed by atoms with Crippen molar-refractivity contribution in [1.82, 2.24) is 14.9 Å². The van der Waals surface area contributed by atoms with Gasteiger partial charge in [0.05, 0.1) is 17.3 Å². The summed E-state index contributed by atoms with van der Waals surface area (Å²) in [6.07, 6.45) is 3.71. The van der Waals surface area contributed by atoms with Crippen molar-refractivity contribution in [3.05, 3.63) is 58.3 Å². The second kappa shape index (κ2) is 4.42. The van der Waals surface area contributed by atoms with E-state index in [-0.39, 0.29) is 17.8 Å². The fourth-order valence-corrected chi connectivity index (χ4v) is 2.79. The van der Waals surface area contributed by atoms with Crippen LogP contribution >= 0.6 is 0 Å². The number of hydrogen-bond acceptors (Lipinski definition) is 5. The molecule has 0 radical (unpaired) electrons. The number of azo groups is 1. The average molecular weight is 282 g/mol. The molecule has 2 aliphatic heterocycles. The van der Waals surface area contributed by atoms with E-state index in [9.17, 15) is 4.79 Å². The van der Waals surface area contributed by atoms with Gasteiger partial charge in [-0.15, -0.1) is 5.11 Å². The van der Waals surface area contributed by atoms with Gasteiger partial charge in [0, 0.05) is 6.54 Å². The van der Waals surface area contributed by atoms with Gasteiger partial charge in [-0.25, -0.2) is 4.79 Å². The Labute approximate surface area is 120 Å². The molecule has 2 aliphatic rings. The van der Waals surface area contributed by atoms with Crippen molar-refractivity contribution >= 4 is 5.82 Å². The second-order valence-corrected chi connectivity index (χ2v) is 5.08. The molecule has 3 heterocycles. The van der Waals surface area contributed by atoms with Crippen LogP contribution in [0.15, 0.2) is 51.6 Å². The van der Waals surface area contributed by atoms with Gasteiger partial charge in [-0.05, 0) is 23.9 Å². The van der Waals surface area contributed by atoms with Crippen LogP contribution < -0.4 is 16.7 Å². The summed E-state index contributed by atoms with van der Waals surface area (Å²) in [5.74, 6) is 0.531. The van der Waals surface area contributed by atoms with Crippen LogP contribution in [-0.4, -0.2) is 15.7 Å². The van der Waals surface area contributed by atoms with E-state index in [0.717, 1.165) is 16.9 Å². The lowest BCUT2D eigenvalue weighted by atomic mass is 10.0. The van der Waals surface area contributed by atoms with Gasteiger partial charge < -0.3 is 11.1 Å². The number of benzene rings is 1. The number of imidazole rings is 1. The minimum atomic E-state index is -0.208. The summed E-state index contributed by atoms with van der Waals surface area (Å²) >= 11 is 0. The molecule has 7 nitrogen and oxygen atoms in total. The minimum Gasteiger partial charge on any atom is -0.368 e. The number of nitrogens with zero attached hydrogens (tertiary/aromatic N) is 3. The fraction of sp³-hybridized carbons (Fsp3) is 0.214. The lowest BCUT2D eigenvalue weighted by Gasteiger charge is -2.20. The van der Waals surface area contributed by atoms with Gasteiger partial charge in [-0.2, -0.15) is 5.11 Å². The van der Waals surface area contributed by atoms with E-state index in [0.29, 0.717) is 12.4 Å². The molecular weight excluding hydrogens is 268 g/mol. The van der Waals surface area contributed by atoms with Gasteiger partial charge >= 0.3 is 5.69 Å². The van der Waals surface area contributed by atoms with Crippen molar-refractivity contribution in [3.63, 3.8) is 0 Å². The van der Waals surface area contributed by atoms with Crippen molar-refractivity contribution in [2.24, 2.45) is 16.0 Å². The summed E-state index contributed by atoms with van der Waals surface area (Å²) in [6.45, 7) is 0.478. The molecule has 0 saturated heterocycles. The molecule has 0 spiro atoms. The zero-order chi connectivity index (χ0) is 14.4. The van der Waals surface area contributed by atoms with Gasteiger partial charge in [0.1, 0.15) is 0 Å². The van der Waals surface area contributed by atoms with Crippen LogP contribution in [0.1, 0.15) is 17.2 Å². The summed E-state index contributed by atoms with van der Waals surface area (Å²) in [7, 11) is 0. The number of hydrogen-bond donors (Lipinski definition) is 3. The van der Waals surface area contributed by atoms with E-state index >= 15 is 0 Å². The number of nitrogens with two attached hydrogens (primary N) is 1. The predicted molar refractivity (Wildman–Crippen MR) is 77.6 cm³/mol. The number of aromatic nitrogens is 2. The Hall–Kier alpha value is -2.67. The Morgan fingerprint density at radius 2 is 2.10 bits per heavy atom. The van der Waals surface area contributed by atoms with E-state index < -0.39 is 0 Å². The lowest BCUT2D eigenvalue weighted by Crippen LogP contribution is -2.27. The molecule has 21 heavy (non-hydrogen) atoms. The predicted octanol–water partition coefficient (Wildman–Crippen LogP) is 1.25. The Bertz CT molecular complexity index is 798. The molecule has 0 fully saturated rings. The smallest absolute Gasteiger partial charge is 0.332 e. The first-order chi connectivity index (χ1) is 10.3. The Morgan fingerprint density at radius 3 is 2.86 bits per heavy atom. The zero-order valence-electron chi connectivity index (χ0n) is 11.2. The second-order valence-electron chi connectivity index (χ2n) is 5.08. The largest absolute Gasteiger partial charge is 0.368 e. The van der Waals surface area contributed by atoms with Gasteiger partial charge in [-0.3, -0.25) is 9.55 Å². The summed E-state index contributed by atoms with van der Waals surface area (Å²) in [4.78, 5) is 15.1. The van der Waals surface area contributed by atoms with Crippen molar-refractivity contribution in [3.8, 4) is 5.69 Å². The van der Waals surface area contributed by atoms with Crippen LogP contribution in [0.5, 0.6) is 0 Å². The van der Waals surface area contributed by atoms with E-state index in [1.54, 1.807) is 4.57 Å². The third-order valence-corrected chi connectivity index (χ3v) is 3.85. The minimum absolute atomic E-state index is 0.00522. The number of fused-ring (bicyclic) bond motifs is 3. The van der Waals surface area contributed by atoms with Crippen molar-refractivity contribution in [1.29, 1.82) is 0 Å². The van der Waals surface area contributed by atoms with Crippen molar-refractivity contribution in [2.75, 3.05) is 0 Å². The third kappa shape index (κ3) is 1.74. The molecule has 0 amide bonds. The fourth-order valence-electron chi connectivity index (χ4n) is 2.79. The molecule has 2 aromatic rings. The van der Waals surface area contributed by atoms with E-state index in [1.807, 2.05) is 36.5 Å². The highest BCUT2D eigenvalue weighted by atomic mass is 16.1. The van der Waals surface area contributed by atoms with Crippen molar-refractivity contribution < 1.29 is 0 Å². The molecule has 0 saturated carbocycles. The van der Waals surface area contributed by atoms with Gasteiger partial charge in [0.25, 0.3) is 0 Å². The summed E-state index contributed by atoms with van der Waals surface area (Å²) < 4.78 is 1.66. The first kappa shape index (κ1) is 12.1. The summed E-state index contributed by atoms with van der Waals surface area (Å²) in [5.41, 5.74) is 8.06. The highest BCUT2D eigenvalue weighted by Crippen LogP contribution is 2.37. The van der Waals surface area contributed by atoms with Crippen LogP contribution in [0.25, 0.3) is 5.69 Å². The first-order valence-corrected chi connectivity index (χ1v) is 6.76. The molecule has 0 bridgehead atoms. The van der Waals surface area contributed by atoms with Crippen LogP contribution in [0, 0.1) is 0 Å². The lowest BCUT2D eigenvalue weighted by molar-refractivity contribution is 0.539. The average Bonchev–Trinajstić information content (AvgIpc) is 3.10. The number of rotatable bonds is 2. The van der Waals surface area contributed by atoms with Gasteiger partial charge in [0.15, 0.2) is 12.0 Å². The molecule has 1 aromatic heterocycles. The third-order valence-electron chi connectivity index (χ3n) is 3.85. The SMILES string of the molecule is NCc1ccc(-n2c3c([nH]c2=O)N=NC2NC=CC32)cc1. The molecule has 2 unspecified atom stereocenters. The standard InChI is InChI=1S/C14H14N6O/c15-7-8-1-3-9(4-2-8)20-11-10-5-6-16-12(10)18-19-13(11)17-14(20)21/h1-6,10,12,16H,7,15H2,(H,17,21).